The predicted molar refractivity (Wildman–Crippen MR) is 97.2 cm³/mol. The number of aromatic nitrogens is 1. The van der Waals surface area contributed by atoms with Crippen molar-refractivity contribution in [1.82, 2.24) is 4.98 Å². The topological polar surface area (TPSA) is 12.9 Å². The zero-order chi connectivity index (χ0) is 14.9. The summed E-state index contributed by atoms with van der Waals surface area (Å²) in [6, 6.07) is 21.2. The van der Waals surface area contributed by atoms with Gasteiger partial charge in [-0.2, -0.15) is 0 Å². The van der Waals surface area contributed by atoms with E-state index in [9.17, 15) is 0 Å². The SMILES string of the molecule is Cc1ccccc1/C=C/c1nc2c(ccc3ccccc32)s1. The Labute approximate surface area is 133 Å². The van der Waals surface area contributed by atoms with Crippen LogP contribution >= 0.6 is 11.3 Å². The molecule has 0 atom stereocenters. The van der Waals surface area contributed by atoms with E-state index < -0.39 is 0 Å². The average molecular weight is 301 g/mol. The lowest BCUT2D eigenvalue weighted by molar-refractivity contribution is 1.44. The second kappa shape index (κ2) is 5.39. The Morgan fingerprint density at radius 1 is 0.864 bits per heavy atom. The Morgan fingerprint density at radius 2 is 1.68 bits per heavy atom. The molecular formula is C20H15NS. The average Bonchev–Trinajstić information content (AvgIpc) is 2.98. The molecule has 0 radical (unpaired) electrons. The number of nitrogens with zero attached hydrogens (tertiary/aromatic N) is 1. The lowest BCUT2D eigenvalue weighted by atomic mass is 10.1. The van der Waals surface area contributed by atoms with E-state index in [1.54, 1.807) is 11.3 Å². The third-order valence-electron chi connectivity index (χ3n) is 3.89. The summed E-state index contributed by atoms with van der Waals surface area (Å²) in [5, 5.41) is 3.52. The fourth-order valence-electron chi connectivity index (χ4n) is 2.68. The van der Waals surface area contributed by atoms with Gasteiger partial charge in [-0.1, -0.05) is 60.7 Å². The molecule has 106 valence electrons. The number of hydrogen-bond acceptors (Lipinski definition) is 2. The molecule has 2 heteroatoms. The van der Waals surface area contributed by atoms with Crippen molar-refractivity contribution in [3.63, 3.8) is 0 Å². The molecule has 22 heavy (non-hydrogen) atoms. The molecule has 0 aliphatic heterocycles. The first kappa shape index (κ1) is 13.2. The highest BCUT2D eigenvalue weighted by molar-refractivity contribution is 7.19. The second-order valence-corrected chi connectivity index (χ2v) is 6.44. The van der Waals surface area contributed by atoms with Crippen molar-refractivity contribution >= 4 is 44.5 Å². The summed E-state index contributed by atoms with van der Waals surface area (Å²) in [7, 11) is 0. The van der Waals surface area contributed by atoms with Crippen LogP contribution in [-0.2, 0) is 0 Å². The first-order chi connectivity index (χ1) is 10.8. The quantitative estimate of drug-likeness (QED) is 0.447. The predicted octanol–water partition coefficient (Wildman–Crippen LogP) is 5.93. The molecule has 0 saturated carbocycles. The fraction of sp³-hybridized carbons (Fsp3) is 0.0500. The summed E-state index contributed by atoms with van der Waals surface area (Å²) in [5.74, 6) is 0. The van der Waals surface area contributed by atoms with Gasteiger partial charge < -0.3 is 0 Å². The molecule has 3 aromatic carbocycles. The first-order valence-electron chi connectivity index (χ1n) is 7.33. The molecule has 1 heterocycles. The minimum absolute atomic E-state index is 1.05. The van der Waals surface area contributed by atoms with Crippen molar-refractivity contribution in [3.05, 3.63) is 76.8 Å². The van der Waals surface area contributed by atoms with Gasteiger partial charge >= 0.3 is 0 Å². The van der Waals surface area contributed by atoms with Crippen LogP contribution in [0.15, 0.2) is 60.7 Å². The molecule has 0 bridgehead atoms. The molecule has 4 aromatic rings. The van der Waals surface area contributed by atoms with E-state index in [2.05, 4.69) is 79.7 Å². The maximum atomic E-state index is 4.82. The summed E-state index contributed by atoms with van der Waals surface area (Å²) in [6.07, 6.45) is 4.26. The van der Waals surface area contributed by atoms with Crippen molar-refractivity contribution < 1.29 is 0 Å². The van der Waals surface area contributed by atoms with Crippen molar-refractivity contribution in [2.45, 2.75) is 6.92 Å². The highest BCUT2D eigenvalue weighted by Crippen LogP contribution is 2.30. The Kier molecular flexibility index (Phi) is 3.24. The van der Waals surface area contributed by atoms with Crippen molar-refractivity contribution in [3.8, 4) is 0 Å². The number of aryl methyl sites for hydroxylation is 1. The summed E-state index contributed by atoms with van der Waals surface area (Å²) >= 11 is 1.74. The fourth-order valence-corrected chi connectivity index (χ4v) is 3.57. The summed E-state index contributed by atoms with van der Waals surface area (Å²) in [4.78, 5) is 4.82. The first-order valence-corrected chi connectivity index (χ1v) is 8.15. The van der Waals surface area contributed by atoms with E-state index >= 15 is 0 Å². The van der Waals surface area contributed by atoms with Crippen LogP contribution in [-0.4, -0.2) is 4.98 Å². The molecule has 0 fully saturated rings. The third-order valence-corrected chi connectivity index (χ3v) is 4.88. The van der Waals surface area contributed by atoms with Gasteiger partial charge in [0.15, 0.2) is 0 Å². The molecule has 0 spiro atoms. The minimum Gasteiger partial charge on any atom is -0.236 e. The van der Waals surface area contributed by atoms with Crippen molar-refractivity contribution in [1.29, 1.82) is 0 Å². The van der Waals surface area contributed by atoms with Gasteiger partial charge in [-0.15, -0.1) is 11.3 Å². The van der Waals surface area contributed by atoms with Gasteiger partial charge in [0.05, 0.1) is 10.2 Å². The molecule has 0 amide bonds. The molecule has 1 aromatic heterocycles. The standard InChI is InChI=1S/C20H15NS/c1-14-6-2-3-7-15(14)11-13-19-21-20-17-9-5-4-8-16(17)10-12-18(20)22-19/h2-13H,1H3/b13-11+. The number of thiazole rings is 1. The molecule has 0 saturated heterocycles. The zero-order valence-corrected chi connectivity index (χ0v) is 13.1. The number of rotatable bonds is 2. The van der Waals surface area contributed by atoms with Crippen molar-refractivity contribution in [2.24, 2.45) is 0 Å². The maximum absolute atomic E-state index is 4.82. The van der Waals surface area contributed by atoms with Crippen LogP contribution in [0.5, 0.6) is 0 Å². The molecule has 1 nitrogen and oxygen atoms in total. The molecule has 4 rings (SSSR count). The highest BCUT2D eigenvalue weighted by atomic mass is 32.1. The number of benzene rings is 3. The van der Waals surface area contributed by atoms with E-state index in [4.69, 9.17) is 4.98 Å². The minimum atomic E-state index is 1.05. The van der Waals surface area contributed by atoms with Crippen LogP contribution < -0.4 is 0 Å². The monoisotopic (exact) mass is 301 g/mol. The van der Waals surface area contributed by atoms with Gasteiger partial charge in [0, 0.05) is 5.39 Å². The number of hydrogen-bond donors (Lipinski definition) is 0. The van der Waals surface area contributed by atoms with Gasteiger partial charge in [0.1, 0.15) is 5.01 Å². The van der Waals surface area contributed by atoms with Gasteiger partial charge in [-0.25, -0.2) is 4.98 Å². The van der Waals surface area contributed by atoms with Crippen LogP contribution in [0.2, 0.25) is 0 Å². The smallest absolute Gasteiger partial charge is 0.117 e. The van der Waals surface area contributed by atoms with Gasteiger partial charge in [-0.3, -0.25) is 0 Å². The van der Waals surface area contributed by atoms with Gasteiger partial charge in [-0.05, 0) is 35.6 Å². The molecule has 0 N–H and O–H groups in total. The summed E-state index contributed by atoms with van der Waals surface area (Å²) < 4.78 is 1.24. The number of fused-ring (bicyclic) bond motifs is 3. The third kappa shape index (κ3) is 2.32. The Morgan fingerprint density at radius 3 is 2.59 bits per heavy atom. The van der Waals surface area contributed by atoms with E-state index in [0.717, 1.165) is 10.5 Å². The van der Waals surface area contributed by atoms with E-state index in [1.807, 2.05) is 0 Å². The normalized spacial score (nSPS) is 11.7. The highest BCUT2D eigenvalue weighted by Gasteiger charge is 2.05. The molecular weight excluding hydrogens is 286 g/mol. The van der Waals surface area contributed by atoms with E-state index in [0.29, 0.717) is 0 Å². The maximum Gasteiger partial charge on any atom is 0.117 e. The lowest BCUT2D eigenvalue weighted by Gasteiger charge is -1.97. The summed E-state index contributed by atoms with van der Waals surface area (Å²) in [5.41, 5.74) is 3.63. The largest absolute Gasteiger partial charge is 0.236 e. The van der Waals surface area contributed by atoms with Crippen LogP contribution in [0.25, 0.3) is 33.1 Å². The zero-order valence-electron chi connectivity index (χ0n) is 12.3. The van der Waals surface area contributed by atoms with Crippen LogP contribution in [0.1, 0.15) is 16.1 Å². The summed E-state index contributed by atoms with van der Waals surface area (Å²) in [6.45, 7) is 2.13. The van der Waals surface area contributed by atoms with Crippen LogP contribution in [0.4, 0.5) is 0 Å². The Balaban J connectivity index is 1.80. The molecule has 0 aliphatic carbocycles. The lowest BCUT2D eigenvalue weighted by Crippen LogP contribution is -1.78. The van der Waals surface area contributed by atoms with Crippen LogP contribution in [0.3, 0.4) is 0 Å². The van der Waals surface area contributed by atoms with E-state index in [-0.39, 0.29) is 0 Å². The second-order valence-electron chi connectivity index (χ2n) is 5.38. The van der Waals surface area contributed by atoms with Crippen molar-refractivity contribution in [2.75, 3.05) is 0 Å². The van der Waals surface area contributed by atoms with Gasteiger partial charge in [0.2, 0.25) is 0 Å². The molecule has 0 unspecified atom stereocenters. The van der Waals surface area contributed by atoms with Crippen LogP contribution in [0, 0.1) is 6.92 Å². The van der Waals surface area contributed by atoms with E-state index in [1.165, 1.54) is 26.6 Å². The van der Waals surface area contributed by atoms with Gasteiger partial charge in [0.25, 0.3) is 0 Å². The molecule has 0 aliphatic rings. The Bertz CT molecular complexity index is 995. The Hall–Kier alpha value is -2.45.